The van der Waals surface area contributed by atoms with Gasteiger partial charge >= 0.3 is 0 Å². The summed E-state index contributed by atoms with van der Waals surface area (Å²) in [5.74, 6) is -0.502. The highest BCUT2D eigenvalue weighted by Crippen LogP contribution is 2.25. The summed E-state index contributed by atoms with van der Waals surface area (Å²) in [4.78, 5) is 11.4. The standard InChI is InChI=1S/C15H21FN2O2/c1-20-14-7-6-10(8-12(14)16)9-18-13-5-3-2-4-11(13)15(17)19/h6-8,11,13,18H,2-5,9H2,1H3,(H2,17,19)/t11-,13-/m1/s1. The SMILES string of the molecule is COc1ccc(CN[C@@H]2CCCC[C@H]2C(N)=O)cc1F. The van der Waals surface area contributed by atoms with Crippen LogP contribution in [0, 0.1) is 11.7 Å². The van der Waals surface area contributed by atoms with Gasteiger partial charge in [-0.15, -0.1) is 0 Å². The molecule has 0 aromatic heterocycles. The molecule has 1 amide bonds. The van der Waals surface area contributed by atoms with E-state index in [1.165, 1.54) is 13.2 Å². The molecular weight excluding hydrogens is 259 g/mol. The Morgan fingerprint density at radius 3 is 2.85 bits per heavy atom. The van der Waals surface area contributed by atoms with Crippen LogP contribution in [0.3, 0.4) is 0 Å². The van der Waals surface area contributed by atoms with E-state index in [1.54, 1.807) is 6.07 Å². The number of carbonyl (C=O) groups is 1. The predicted molar refractivity (Wildman–Crippen MR) is 74.7 cm³/mol. The maximum Gasteiger partial charge on any atom is 0.222 e. The second kappa shape index (κ2) is 6.70. The Morgan fingerprint density at radius 1 is 1.45 bits per heavy atom. The van der Waals surface area contributed by atoms with Crippen molar-refractivity contribution in [3.05, 3.63) is 29.6 Å². The zero-order valence-electron chi connectivity index (χ0n) is 11.7. The van der Waals surface area contributed by atoms with E-state index in [0.717, 1.165) is 31.2 Å². The van der Waals surface area contributed by atoms with Gasteiger partial charge in [0.2, 0.25) is 5.91 Å². The lowest BCUT2D eigenvalue weighted by atomic mass is 9.84. The molecule has 0 saturated heterocycles. The molecule has 0 aliphatic heterocycles. The number of carbonyl (C=O) groups excluding carboxylic acids is 1. The van der Waals surface area contributed by atoms with Crippen molar-refractivity contribution in [2.24, 2.45) is 11.7 Å². The van der Waals surface area contributed by atoms with Gasteiger partial charge in [-0.05, 0) is 30.5 Å². The van der Waals surface area contributed by atoms with Crippen LogP contribution in [0.25, 0.3) is 0 Å². The van der Waals surface area contributed by atoms with Crippen molar-refractivity contribution in [3.63, 3.8) is 0 Å². The van der Waals surface area contributed by atoms with Crippen molar-refractivity contribution in [2.45, 2.75) is 38.3 Å². The van der Waals surface area contributed by atoms with E-state index < -0.39 is 0 Å². The molecule has 5 heteroatoms. The lowest BCUT2D eigenvalue weighted by Crippen LogP contribution is -2.44. The summed E-state index contributed by atoms with van der Waals surface area (Å²) in [7, 11) is 1.44. The normalized spacial score (nSPS) is 22.5. The number of amides is 1. The van der Waals surface area contributed by atoms with Gasteiger partial charge in [0.1, 0.15) is 0 Å². The minimum absolute atomic E-state index is 0.0893. The third kappa shape index (κ3) is 3.48. The summed E-state index contributed by atoms with van der Waals surface area (Å²) in [6.07, 6.45) is 3.91. The number of rotatable bonds is 5. The Morgan fingerprint density at radius 2 is 2.20 bits per heavy atom. The second-order valence-electron chi connectivity index (χ2n) is 5.25. The van der Waals surface area contributed by atoms with Crippen molar-refractivity contribution >= 4 is 5.91 Å². The minimum atomic E-state index is -0.373. The summed E-state index contributed by atoms with van der Waals surface area (Å²) >= 11 is 0. The second-order valence-corrected chi connectivity index (χ2v) is 5.25. The molecule has 1 aromatic rings. The molecule has 110 valence electrons. The van der Waals surface area contributed by atoms with E-state index in [2.05, 4.69) is 5.32 Å². The average Bonchev–Trinajstić information content (AvgIpc) is 2.45. The largest absolute Gasteiger partial charge is 0.494 e. The first kappa shape index (κ1) is 14.8. The maximum atomic E-state index is 13.6. The van der Waals surface area contributed by atoms with Gasteiger partial charge in [-0.3, -0.25) is 4.79 Å². The van der Waals surface area contributed by atoms with Crippen LogP contribution in [-0.4, -0.2) is 19.1 Å². The van der Waals surface area contributed by atoms with Crippen LogP contribution in [0.2, 0.25) is 0 Å². The molecule has 1 aromatic carbocycles. The Kier molecular flexibility index (Phi) is 4.95. The molecule has 20 heavy (non-hydrogen) atoms. The molecule has 2 rings (SSSR count). The highest BCUT2D eigenvalue weighted by atomic mass is 19.1. The zero-order valence-corrected chi connectivity index (χ0v) is 11.7. The van der Waals surface area contributed by atoms with Gasteiger partial charge in [-0.2, -0.15) is 0 Å². The molecule has 1 saturated carbocycles. The van der Waals surface area contributed by atoms with Crippen LogP contribution < -0.4 is 15.8 Å². The molecular formula is C15H21FN2O2. The summed E-state index contributed by atoms with van der Waals surface area (Å²) in [6.45, 7) is 0.523. The number of hydrogen-bond acceptors (Lipinski definition) is 3. The summed E-state index contributed by atoms with van der Waals surface area (Å²) in [6, 6.07) is 4.97. The van der Waals surface area contributed by atoms with E-state index >= 15 is 0 Å². The number of nitrogens with one attached hydrogen (secondary N) is 1. The number of primary amides is 1. The van der Waals surface area contributed by atoms with Gasteiger partial charge in [0.15, 0.2) is 11.6 Å². The van der Waals surface area contributed by atoms with Crippen LogP contribution >= 0.6 is 0 Å². The smallest absolute Gasteiger partial charge is 0.222 e. The lowest BCUT2D eigenvalue weighted by Gasteiger charge is -2.30. The van der Waals surface area contributed by atoms with Gasteiger partial charge in [-0.25, -0.2) is 4.39 Å². The molecule has 1 aliphatic carbocycles. The maximum absolute atomic E-state index is 13.6. The predicted octanol–water partition coefficient (Wildman–Crippen LogP) is 1.97. The molecule has 2 atom stereocenters. The first-order valence-electron chi connectivity index (χ1n) is 6.97. The molecule has 0 radical (unpaired) electrons. The van der Waals surface area contributed by atoms with E-state index in [9.17, 15) is 9.18 Å². The van der Waals surface area contributed by atoms with Crippen LogP contribution in [0.15, 0.2) is 18.2 Å². The van der Waals surface area contributed by atoms with Crippen LogP contribution in [0.4, 0.5) is 4.39 Å². The molecule has 0 unspecified atom stereocenters. The third-order valence-electron chi connectivity index (χ3n) is 3.92. The fraction of sp³-hybridized carbons (Fsp3) is 0.533. The van der Waals surface area contributed by atoms with Crippen molar-refractivity contribution in [1.29, 1.82) is 0 Å². The molecule has 1 fully saturated rings. The van der Waals surface area contributed by atoms with Crippen molar-refractivity contribution < 1.29 is 13.9 Å². The van der Waals surface area contributed by atoms with Crippen molar-refractivity contribution in [3.8, 4) is 5.75 Å². The average molecular weight is 280 g/mol. The highest BCUT2D eigenvalue weighted by Gasteiger charge is 2.28. The molecule has 0 spiro atoms. The Bertz CT molecular complexity index is 479. The summed E-state index contributed by atoms with van der Waals surface area (Å²) in [5, 5.41) is 3.33. The monoisotopic (exact) mass is 280 g/mol. The van der Waals surface area contributed by atoms with Gasteiger partial charge < -0.3 is 15.8 Å². The number of methoxy groups -OCH3 is 1. The fourth-order valence-corrected chi connectivity index (χ4v) is 2.78. The zero-order chi connectivity index (χ0) is 14.5. The number of benzene rings is 1. The van der Waals surface area contributed by atoms with E-state index in [-0.39, 0.29) is 29.4 Å². The van der Waals surface area contributed by atoms with Gasteiger partial charge in [0.05, 0.1) is 13.0 Å². The van der Waals surface area contributed by atoms with Crippen LogP contribution in [0.1, 0.15) is 31.2 Å². The molecule has 4 nitrogen and oxygen atoms in total. The van der Waals surface area contributed by atoms with E-state index in [1.807, 2.05) is 6.07 Å². The Balaban J connectivity index is 1.96. The Hall–Kier alpha value is -1.62. The van der Waals surface area contributed by atoms with Crippen molar-refractivity contribution in [2.75, 3.05) is 7.11 Å². The first-order valence-corrected chi connectivity index (χ1v) is 6.97. The van der Waals surface area contributed by atoms with E-state index in [0.29, 0.717) is 6.54 Å². The number of ether oxygens (including phenoxy) is 1. The first-order chi connectivity index (χ1) is 9.61. The number of nitrogens with two attached hydrogens (primary N) is 1. The quantitative estimate of drug-likeness (QED) is 0.866. The fourth-order valence-electron chi connectivity index (χ4n) is 2.78. The van der Waals surface area contributed by atoms with E-state index in [4.69, 9.17) is 10.5 Å². The number of halogens is 1. The Labute approximate surface area is 118 Å². The molecule has 0 bridgehead atoms. The minimum Gasteiger partial charge on any atom is -0.494 e. The van der Waals surface area contributed by atoms with Crippen LogP contribution in [0.5, 0.6) is 5.75 Å². The van der Waals surface area contributed by atoms with Gasteiger partial charge in [0, 0.05) is 12.6 Å². The highest BCUT2D eigenvalue weighted by molar-refractivity contribution is 5.77. The molecule has 3 N–H and O–H groups in total. The van der Waals surface area contributed by atoms with Crippen molar-refractivity contribution in [1.82, 2.24) is 5.32 Å². The molecule has 0 heterocycles. The lowest BCUT2D eigenvalue weighted by molar-refractivity contribution is -0.123. The van der Waals surface area contributed by atoms with Gasteiger partial charge in [0.25, 0.3) is 0 Å². The summed E-state index contributed by atoms with van der Waals surface area (Å²) < 4.78 is 18.5. The summed E-state index contributed by atoms with van der Waals surface area (Å²) in [5.41, 5.74) is 6.26. The molecule has 1 aliphatic rings. The van der Waals surface area contributed by atoms with Gasteiger partial charge in [-0.1, -0.05) is 18.9 Å². The van der Waals surface area contributed by atoms with Crippen LogP contribution in [-0.2, 0) is 11.3 Å². The topological polar surface area (TPSA) is 64.3 Å². The number of hydrogen-bond donors (Lipinski definition) is 2. The third-order valence-corrected chi connectivity index (χ3v) is 3.92.